The second-order valence-electron chi connectivity index (χ2n) is 8.53. The molecule has 27 heavy (non-hydrogen) atoms. The third kappa shape index (κ3) is 11.4. The van der Waals surface area contributed by atoms with Crippen LogP contribution >= 0.6 is 0 Å². The zero-order valence-electron chi connectivity index (χ0n) is 17.5. The first-order valence-electron chi connectivity index (χ1n) is 9.89. The van der Waals surface area contributed by atoms with E-state index in [0.29, 0.717) is 9.04 Å². The topological polar surface area (TPSA) is 0 Å². The third-order valence-electron chi connectivity index (χ3n) is 5.48. The number of fused-ring (bicyclic) bond motifs is 2. The van der Waals surface area contributed by atoms with E-state index in [1.54, 1.807) is 11.1 Å². The van der Waals surface area contributed by atoms with Crippen LogP contribution in [0.1, 0.15) is 38.5 Å². The van der Waals surface area contributed by atoms with Crippen molar-refractivity contribution in [3.8, 4) is 0 Å². The maximum Gasteiger partial charge on any atom is 4.00 e. The molecule has 2 saturated carbocycles. The van der Waals surface area contributed by atoms with E-state index in [0.717, 1.165) is 11.8 Å². The molecule has 4 aliphatic carbocycles. The van der Waals surface area contributed by atoms with Crippen molar-refractivity contribution in [2.24, 2.45) is 11.8 Å². The monoisotopic (exact) mass is 516 g/mol. The van der Waals surface area contributed by atoms with Crippen LogP contribution < -0.4 is 24.8 Å². The predicted octanol–water partition coefficient (Wildman–Crippen LogP) is 0.0177. The van der Waals surface area contributed by atoms with E-state index in [9.17, 15) is 0 Å². The average molecular weight is 519 g/mol. The average Bonchev–Trinajstić information content (AvgIpc) is 3.24. The fourth-order valence-electron chi connectivity index (χ4n) is 3.33. The molecule has 2 atom stereocenters. The summed E-state index contributed by atoms with van der Waals surface area (Å²) in [7, 11) is -0.101. The van der Waals surface area contributed by atoms with E-state index in [4.69, 9.17) is 0 Å². The van der Waals surface area contributed by atoms with Crippen LogP contribution in [0.25, 0.3) is 0 Å². The van der Waals surface area contributed by atoms with Gasteiger partial charge in [0.05, 0.1) is 0 Å². The van der Waals surface area contributed by atoms with E-state index in [1.165, 1.54) is 38.5 Å². The molecular formula is C22H36Cl2Si2Zr. The molecule has 5 heteroatoms. The van der Waals surface area contributed by atoms with Gasteiger partial charge >= 0.3 is 26.2 Å². The SMILES string of the molecule is C1=CCC2CC[CH-]C2=C1.C1=CCC2CC[CH-]C2=C1.C[SiH2][Si](C)(C)C.[Cl-].[Cl-].[Zr+4]. The van der Waals surface area contributed by atoms with Crippen molar-refractivity contribution in [3.05, 3.63) is 60.4 Å². The standard InChI is InChI=1S/2C9H11.C4H14Si2.2ClH.Zr/c2*1-2-5-9-7-3-6-8(9)4-1;1-5-6(2,3)4;;;/h2*1-2,4,6,9H,3,5,7H2;5H2,1-4H3;2*1H;/q2*-1;;;;+4/p-2. The predicted molar refractivity (Wildman–Crippen MR) is 115 cm³/mol. The molecule has 0 aromatic rings. The van der Waals surface area contributed by atoms with Gasteiger partial charge in [0.25, 0.3) is 0 Å². The molecule has 0 nitrogen and oxygen atoms in total. The van der Waals surface area contributed by atoms with Crippen molar-refractivity contribution in [3.63, 3.8) is 0 Å². The Bertz CT molecular complexity index is 479. The molecule has 150 valence electrons. The van der Waals surface area contributed by atoms with Gasteiger partial charge in [-0.05, 0) is 24.7 Å². The summed E-state index contributed by atoms with van der Waals surface area (Å²) in [6.07, 6.45) is 26.1. The molecule has 0 amide bonds. The van der Waals surface area contributed by atoms with Crippen molar-refractivity contribution in [1.29, 1.82) is 0 Å². The molecule has 0 bridgehead atoms. The summed E-state index contributed by atoms with van der Waals surface area (Å²) in [5, 5.41) is 0. The van der Waals surface area contributed by atoms with Gasteiger partial charge in [0.2, 0.25) is 0 Å². The zero-order valence-corrected chi connectivity index (χ0v) is 23.9. The molecule has 0 N–H and O–H groups in total. The van der Waals surface area contributed by atoms with Crippen LogP contribution in [0.4, 0.5) is 0 Å². The summed E-state index contributed by atoms with van der Waals surface area (Å²) >= 11 is 0. The Kier molecular flexibility index (Phi) is 17.0. The van der Waals surface area contributed by atoms with E-state index < -0.39 is 7.59 Å². The normalized spacial score (nSPS) is 23.9. The zero-order chi connectivity index (χ0) is 17.4. The van der Waals surface area contributed by atoms with Gasteiger partial charge in [0.1, 0.15) is 0 Å². The number of hydrogen-bond acceptors (Lipinski definition) is 0. The van der Waals surface area contributed by atoms with Crippen LogP contribution in [0.5, 0.6) is 0 Å². The molecule has 0 spiro atoms. The van der Waals surface area contributed by atoms with Crippen molar-refractivity contribution in [1.82, 2.24) is 0 Å². The van der Waals surface area contributed by atoms with E-state index in [2.05, 4.69) is 75.5 Å². The fraction of sp³-hybridized carbons (Fsp3) is 0.545. The number of halogens is 2. The van der Waals surface area contributed by atoms with Crippen molar-refractivity contribution in [2.75, 3.05) is 0 Å². The van der Waals surface area contributed by atoms with E-state index >= 15 is 0 Å². The van der Waals surface area contributed by atoms with Gasteiger partial charge in [-0.2, -0.15) is 0 Å². The quantitative estimate of drug-likeness (QED) is 0.339. The largest absolute Gasteiger partial charge is 4.00 e. The van der Waals surface area contributed by atoms with Gasteiger partial charge in [-0.1, -0.05) is 39.0 Å². The summed E-state index contributed by atoms with van der Waals surface area (Å²) in [6.45, 7) is 9.74. The summed E-state index contributed by atoms with van der Waals surface area (Å²) < 4.78 is 0. The minimum absolute atomic E-state index is 0. The molecule has 0 aliphatic heterocycles. The molecule has 0 aromatic heterocycles. The van der Waals surface area contributed by atoms with Crippen LogP contribution in [-0.2, 0) is 26.2 Å². The third-order valence-corrected chi connectivity index (χ3v) is 14.0. The maximum atomic E-state index is 2.44. The van der Waals surface area contributed by atoms with Gasteiger partial charge in [0, 0.05) is 16.6 Å². The number of hydrogen-bond donors (Lipinski definition) is 0. The molecule has 0 aromatic carbocycles. The summed E-state index contributed by atoms with van der Waals surface area (Å²) in [4.78, 5) is 0. The van der Waals surface area contributed by atoms with Crippen LogP contribution in [0.3, 0.4) is 0 Å². The van der Waals surface area contributed by atoms with Gasteiger partial charge in [0.15, 0.2) is 0 Å². The molecule has 0 heterocycles. The van der Waals surface area contributed by atoms with Gasteiger partial charge in [-0.25, -0.2) is 36.1 Å². The van der Waals surface area contributed by atoms with Gasteiger partial charge < -0.3 is 24.8 Å². The Morgan fingerprint density at radius 3 is 1.52 bits per heavy atom. The Balaban J connectivity index is 0. The Hall–Kier alpha value is 0.597. The molecule has 0 saturated heterocycles. The number of rotatable bonds is 1. The summed E-state index contributed by atoms with van der Waals surface area (Å²) in [5.74, 6) is 1.77. The molecule has 2 unspecified atom stereocenters. The second kappa shape index (κ2) is 15.4. The summed E-state index contributed by atoms with van der Waals surface area (Å²) in [5.41, 5.74) is 3.16. The minimum Gasteiger partial charge on any atom is -1.00 e. The van der Waals surface area contributed by atoms with E-state index in [1.807, 2.05) is 0 Å². The first kappa shape index (κ1) is 29.8. The number of allylic oxidation sites excluding steroid dienone is 8. The van der Waals surface area contributed by atoms with Gasteiger partial charge in [-0.3, -0.25) is 0 Å². The smallest absolute Gasteiger partial charge is 1.00 e. The Morgan fingerprint density at radius 1 is 0.852 bits per heavy atom. The van der Waals surface area contributed by atoms with Crippen molar-refractivity contribution < 1.29 is 51.0 Å². The first-order valence-corrected chi connectivity index (χ1v) is 17.1. The maximum absolute atomic E-state index is 2.44. The molecule has 4 aliphatic rings. The van der Waals surface area contributed by atoms with Crippen molar-refractivity contribution >= 4 is 16.6 Å². The molecule has 4 rings (SSSR count). The minimum atomic E-state index is -0.492. The van der Waals surface area contributed by atoms with Crippen LogP contribution in [0, 0.1) is 24.7 Å². The van der Waals surface area contributed by atoms with Crippen LogP contribution in [-0.4, -0.2) is 16.6 Å². The molecule has 2 fully saturated rings. The van der Waals surface area contributed by atoms with Crippen molar-refractivity contribution in [2.45, 2.75) is 64.7 Å². The molecule has 0 radical (unpaired) electrons. The Morgan fingerprint density at radius 2 is 1.22 bits per heavy atom. The van der Waals surface area contributed by atoms with E-state index in [-0.39, 0.29) is 51.0 Å². The first-order chi connectivity index (χ1) is 11.5. The van der Waals surface area contributed by atoms with Gasteiger partial charge in [-0.15, -0.1) is 37.1 Å². The van der Waals surface area contributed by atoms with Crippen LogP contribution in [0.15, 0.2) is 47.6 Å². The summed E-state index contributed by atoms with van der Waals surface area (Å²) in [6, 6.07) is 0. The fourth-order valence-corrected chi connectivity index (χ4v) is 3.33. The van der Waals surface area contributed by atoms with Crippen LogP contribution in [0.2, 0.25) is 26.2 Å². The second-order valence-corrected chi connectivity index (χ2v) is 22.8. The molecular weight excluding hydrogens is 483 g/mol. The Labute approximate surface area is 203 Å².